The van der Waals surface area contributed by atoms with Crippen molar-refractivity contribution in [3.05, 3.63) is 35.9 Å². The van der Waals surface area contributed by atoms with Gasteiger partial charge in [-0.25, -0.2) is 0 Å². The molecule has 0 radical (unpaired) electrons. The van der Waals surface area contributed by atoms with Crippen molar-refractivity contribution < 1.29 is 9.84 Å². The molecule has 2 fully saturated rings. The molecule has 1 aromatic carbocycles. The molecule has 2 aliphatic rings. The summed E-state index contributed by atoms with van der Waals surface area (Å²) in [6.07, 6.45) is 4.27. The Morgan fingerprint density at radius 1 is 1.05 bits per heavy atom. The molecule has 3 rings (SSSR count). The van der Waals surface area contributed by atoms with Crippen LogP contribution in [0.5, 0.6) is 0 Å². The zero-order valence-electron chi connectivity index (χ0n) is 11.4. The Balaban J connectivity index is 1.87. The van der Waals surface area contributed by atoms with Gasteiger partial charge in [-0.15, -0.1) is 0 Å². The summed E-state index contributed by atoms with van der Waals surface area (Å²) in [6, 6.07) is 10.1. The molecule has 1 unspecified atom stereocenters. The van der Waals surface area contributed by atoms with Crippen LogP contribution in [0.1, 0.15) is 37.4 Å². The van der Waals surface area contributed by atoms with Gasteiger partial charge in [0.15, 0.2) is 0 Å². The van der Waals surface area contributed by atoms with E-state index < -0.39 is 0 Å². The average molecular weight is 261 g/mol. The van der Waals surface area contributed by atoms with Crippen LogP contribution < -0.4 is 0 Å². The van der Waals surface area contributed by atoms with E-state index in [0.717, 1.165) is 44.7 Å². The second-order valence-electron chi connectivity index (χ2n) is 5.72. The molecule has 0 amide bonds. The SMILES string of the molecule is OC(c1ccccc1)C1(N2CCOCC2)CCCC1. The Morgan fingerprint density at radius 3 is 2.32 bits per heavy atom. The molecule has 1 aromatic rings. The van der Waals surface area contributed by atoms with Gasteiger partial charge in [-0.1, -0.05) is 43.2 Å². The molecule has 0 bridgehead atoms. The van der Waals surface area contributed by atoms with E-state index in [0.29, 0.717) is 0 Å². The van der Waals surface area contributed by atoms with Crippen molar-refractivity contribution in [1.29, 1.82) is 0 Å². The topological polar surface area (TPSA) is 32.7 Å². The smallest absolute Gasteiger partial charge is 0.0973 e. The number of hydrogen-bond acceptors (Lipinski definition) is 3. The highest BCUT2D eigenvalue weighted by Gasteiger charge is 2.46. The Hall–Kier alpha value is -0.900. The van der Waals surface area contributed by atoms with Crippen LogP contribution in [0.2, 0.25) is 0 Å². The monoisotopic (exact) mass is 261 g/mol. The highest BCUT2D eigenvalue weighted by molar-refractivity contribution is 5.22. The molecule has 1 heterocycles. The normalized spacial score (nSPS) is 25.3. The highest BCUT2D eigenvalue weighted by Crippen LogP contribution is 2.44. The van der Waals surface area contributed by atoms with Crippen molar-refractivity contribution in [2.75, 3.05) is 26.3 Å². The zero-order chi connectivity index (χ0) is 13.1. The summed E-state index contributed by atoms with van der Waals surface area (Å²) in [6.45, 7) is 3.49. The maximum Gasteiger partial charge on any atom is 0.0973 e. The number of nitrogens with zero attached hydrogens (tertiary/aromatic N) is 1. The third kappa shape index (κ3) is 2.42. The Kier molecular flexibility index (Phi) is 3.87. The third-order valence-electron chi connectivity index (χ3n) is 4.73. The minimum atomic E-state index is -0.380. The molecule has 104 valence electrons. The van der Waals surface area contributed by atoms with E-state index in [4.69, 9.17) is 4.74 Å². The van der Waals surface area contributed by atoms with E-state index in [2.05, 4.69) is 4.90 Å². The fraction of sp³-hybridized carbons (Fsp3) is 0.625. The summed E-state index contributed by atoms with van der Waals surface area (Å²) < 4.78 is 5.47. The fourth-order valence-corrected chi connectivity index (χ4v) is 3.70. The van der Waals surface area contributed by atoms with Crippen LogP contribution in [0, 0.1) is 0 Å². The van der Waals surface area contributed by atoms with Gasteiger partial charge in [0.1, 0.15) is 0 Å². The Morgan fingerprint density at radius 2 is 1.68 bits per heavy atom. The lowest BCUT2D eigenvalue weighted by molar-refractivity contribution is -0.0774. The van der Waals surface area contributed by atoms with Crippen molar-refractivity contribution in [3.8, 4) is 0 Å². The standard InChI is InChI=1S/C16H23NO2/c18-15(14-6-2-1-3-7-14)16(8-4-5-9-16)17-10-12-19-13-11-17/h1-3,6-7,15,18H,4-5,8-13H2. The van der Waals surface area contributed by atoms with Crippen LogP contribution in [-0.2, 0) is 4.74 Å². The quantitative estimate of drug-likeness (QED) is 0.906. The third-order valence-corrected chi connectivity index (χ3v) is 4.73. The second kappa shape index (κ2) is 5.61. The van der Waals surface area contributed by atoms with Crippen LogP contribution in [0.25, 0.3) is 0 Å². The maximum atomic E-state index is 10.9. The first-order chi connectivity index (χ1) is 9.33. The summed E-state index contributed by atoms with van der Waals surface area (Å²) >= 11 is 0. The minimum Gasteiger partial charge on any atom is -0.386 e. The summed E-state index contributed by atoms with van der Waals surface area (Å²) in [4.78, 5) is 2.47. The molecule has 1 atom stereocenters. The van der Waals surface area contributed by atoms with E-state index in [9.17, 15) is 5.11 Å². The number of hydrogen-bond donors (Lipinski definition) is 1. The first-order valence-electron chi connectivity index (χ1n) is 7.39. The van der Waals surface area contributed by atoms with Gasteiger partial charge in [0, 0.05) is 13.1 Å². The van der Waals surface area contributed by atoms with Gasteiger partial charge in [-0.3, -0.25) is 4.90 Å². The zero-order valence-corrected chi connectivity index (χ0v) is 11.4. The summed E-state index contributed by atoms with van der Waals surface area (Å²) in [5, 5.41) is 10.9. The van der Waals surface area contributed by atoms with Gasteiger partial charge in [-0.2, -0.15) is 0 Å². The van der Waals surface area contributed by atoms with E-state index in [1.165, 1.54) is 12.8 Å². The molecular weight excluding hydrogens is 238 g/mol. The van der Waals surface area contributed by atoms with Gasteiger partial charge in [-0.05, 0) is 18.4 Å². The number of ether oxygens (including phenoxy) is 1. The lowest BCUT2D eigenvalue weighted by atomic mass is 9.84. The summed E-state index contributed by atoms with van der Waals surface area (Å²) in [5.74, 6) is 0. The molecule has 3 nitrogen and oxygen atoms in total. The Bertz CT molecular complexity index is 394. The highest BCUT2D eigenvalue weighted by atomic mass is 16.5. The predicted molar refractivity (Wildman–Crippen MR) is 75.0 cm³/mol. The molecule has 0 spiro atoms. The average Bonchev–Trinajstić information content (AvgIpc) is 2.99. The van der Waals surface area contributed by atoms with Crippen molar-refractivity contribution >= 4 is 0 Å². The lowest BCUT2D eigenvalue weighted by Crippen LogP contribution is -2.55. The number of aliphatic hydroxyl groups is 1. The van der Waals surface area contributed by atoms with Crippen molar-refractivity contribution in [2.45, 2.75) is 37.3 Å². The molecule has 1 aliphatic carbocycles. The molecular formula is C16H23NO2. The largest absolute Gasteiger partial charge is 0.386 e. The second-order valence-corrected chi connectivity index (χ2v) is 5.72. The molecule has 3 heteroatoms. The molecule has 1 saturated carbocycles. The van der Waals surface area contributed by atoms with Gasteiger partial charge in [0.05, 0.1) is 24.9 Å². The molecule has 19 heavy (non-hydrogen) atoms. The van der Waals surface area contributed by atoms with Crippen LogP contribution in [0.4, 0.5) is 0 Å². The molecule has 0 aromatic heterocycles. The van der Waals surface area contributed by atoms with E-state index >= 15 is 0 Å². The first-order valence-corrected chi connectivity index (χ1v) is 7.39. The first kappa shape index (κ1) is 13.1. The maximum absolute atomic E-state index is 10.9. The molecule has 1 saturated heterocycles. The Labute approximate surface area is 115 Å². The summed E-state index contributed by atoms with van der Waals surface area (Å²) in [7, 11) is 0. The van der Waals surface area contributed by atoms with Crippen molar-refractivity contribution in [3.63, 3.8) is 0 Å². The van der Waals surface area contributed by atoms with Crippen LogP contribution in [0.3, 0.4) is 0 Å². The van der Waals surface area contributed by atoms with Crippen molar-refractivity contribution in [2.24, 2.45) is 0 Å². The summed E-state index contributed by atoms with van der Waals surface area (Å²) in [5.41, 5.74) is 0.987. The van der Waals surface area contributed by atoms with Crippen LogP contribution >= 0.6 is 0 Å². The molecule has 1 aliphatic heterocycles. The number of aliphatic hydroxyl groups excluding tert-OH is 1. The van der Waals surface area contributed by atoms with Gasteiger partial charge >= 0.3 is 0 Å². The van der Waals surface area contributed by atoms with Crippen LogP contribution in [-0.4, -0.2) is 41.8 Å². The minimum absolute atomic E-state index is 0.0644. The van der Waals surface area contributed by atoms with Crippen LogP contribution in [0.15, 0.2) is 30.3 Å². The number of morpholine rings is 1. The van der Waals surface area contributed by atoms with Crippen molar-refractivity contribution in [1.82, 2.24) is 4.90 Å². The van der Waals surface area contributed by atoms with Gasteiger partial charge < -0.3 is 9.84 Å². The van der Waals surface area contributed by atoms with E-state index in [1.807, 2.05) is 30.3 Å². The number of rotatable bonds is 3. The predicted octanol–water partition coefficient (Wildman–Crippen LogP) is 2.37. The van der Waals surface area contributed by atoms with E-state index in [1.54, 1.807) is 0 Å². The lowest BCUT2D eigenvalue weighted by Gasteiger charge is -2.46. The number of benzene rings is 1. The van der Waals surface area contributed by atoms with E-state index in [-0.39, 0.29) is 11.6 Å². The van der Waals surface area contributed by atoms with Gasteiger partial charge in [0.2, 0.25) is 0 Å². The molecule has 1 N–H and O–H groups in total. The fourth-order valence-electron chi connectivity index (χ4n) is 3.70. The van der Waals surface area contributed by atoms with Gasteiger partial charge in [0.25, 0.3) is 0 Å².